The SMILES string of the molecule is CCOC1CCCN(C(=O)c2cc(Br)c[nH]2)C1. The molecule has 4 nitrogen and oxygen atoms in total. The maximum atomic E-state index is 12.2. The predicted molar refractivity (Wildman–Crippen MR) is 69.0 cm³/mol. The number of H-pyrrole nitrogens is 1. The molecule has 1 aromatic rings. The zero-order chi connectivity index (χ0) is 12.3. The zero-order valence-electron chi connectivity index (χ0n) is 9.91. The van der Waals surface area contributed by atoms with Crippen LogP contribution in [0.15, 0.2) is 16.7 Å². The third-order valence-electron chi connectivity index (χ3n) is 2.95. The van der Waals surface area contributed by atoms with Crippen molar-refractivity contribution in [3.63, 3.8) is 0 Å². The molecular formula is C12H17BrN2O2. The third kappa shape index (κ3) is 3.10. The molecule has 5 heteroatoms. The number of nitrogens with zero attached hydrogens (tertiary/aromatic N) is 1. The Morgan fingerprint density at radius 2 is 2.53 bits per heavy atom. The molecule has 2 heterocycles. The number of nitrogens with one attached hydrogen (secondary N) is 1. The Labute approximate surface area is 109 Å². The van der Waals surface area contributed by atoms with Gasteiger partial charge in [-0.05, 0) is 41.8 Å². The van der Waals surface area contributed by atoms with Gasteiger partial charge in [0.1, 0.15) is 5.69 Å². The minimum absolute atomic E-state index is 0.0557. The van der Waals surface area contributed by atoms with E-state index in [1.165, 1.54) is 0 Å². The summed E-state index contributed by atoms with van der Waals surface area (Å²) in [6.45, 7) is 4.21. The van der Waals surface area contributed by atoms with Gasteiger partial charge in [-0.25, -0.2) is 0 Å². The number of halogens is 1. The van der Waals surface area contributed by atoms with E-state index >= 15 is 0 Å². The van der Waals surface area contributed by atoms with E-state index < -0.39 is 0 Å². The number of aromatic nitrogens is 1. The second-order valence-electron chi connectivity index (χ2n) is 4.20. The lowest BCUT2D eigenvalue weighted by atomic mass is 10.1. The van der Waals surface area contributed by atoms with Crippen molar-refractivity contribution >= 4 is 21.8 Å². The highest BCUT2D eigenvalue weighted by atomic mass is 79.9. The first-order valence-electron chi connectivity index (χ1n) is 5.95. The monoisotopic (exact) mass is 300 g/mol. The Bertz CT molecular complexity index is 390. The molecule has 0 aromatic carbocycles. The molecule has 1 fully saturated rings. The number of likely N-dealkylation sites (tertiary alicyclic amines) is 1. The quantitative estimate of drug-likeness (QED) is 0.932. The average molecular weight is 301 g/mol. The van der Waals surface area contributed by atoms with Gasteiger partial charge in [0, 0.05) is 30.4 Å². The molecule has 0 spiro atoms. The van der Waals surface area contributed by atoms with Crippen molar-refractivity contribution in [1.82, 2.24) is 9.88 Å². The van der Waals surface area contributed by atoms with E-state index in [1.807, 2.05) is 17.9 Å². The Kier molecular flexibility index (Phi) is 4.23. The summed E-state index contributed by atoms with van der Waals surface area (Å²) in [6, 6.07) is 1.81. The van der Waals surface area contributed by atoms with Gasteiger partial charge in [-0.15, -0.1) is 0 Å². The second kappa shape index (κ2) is 5.69. The molecule has 1 unspecified atom stereocenters. The number of rotatable bonds is 3. The lowest BCUT2D eigenvalue weighted by Crippen LogP contribution is -2.43. The van der Waals surface area contributed by atoms with Crippen LogP contribution >= 0.6 is 15.9 Å². The van der Waals surface area contributed by atoms with Crippen molar-refractivity contribution in [2.45, 2.75) is 25.9 Å². The van der Waals surface area contributed by atoms with Crippen molar-refractivity contribution in [3.05, 3.63) is 22.4 Å². The van der Waals surface area contributed by atoms with E-state index in [1.54, 1.807) is 6.20 Å². The molecule has 17 heavy (non-hydrogen) atoms. The van der Waals surface area contributed by atoms with Crippen LogP contribution in [0.3, 0.4) is 0 Å². The molecule has 1 aromatic heterocycles. The van der Waals surface area contributed by atoms with Gasteiger partial charge >= 0.3 is 0 Å². The minimum atomic E-state index is 0.0557. The molecule has 0 saturated carbocycles. The molecule has 1 saturated heterocycles. The van der Waals surface area contributed by atoms with Gasteiger partial charge in [0.25, 0.3) is 5.91 Å². The van der Waals surface area contributed by atoms with Crippen LogP contribution in [0, 0.1) is 0 Å². The van der Waals surface area contributed by atoms with Crippen molar-refractivity contribution in [2.75, 3.05) is 19.7 Å². The molecule has 0 radical (unpaired) electrons. The smallest absolute Gasteiger partial charge is 0.270 e. The van der Waals surface area contributed by atoms with Crippen molar-refractivity contribution in [1.29, 1.82) is 0 Å². The molecule has 94 valence electrons. The lowest BCUT2D eigenvalue weighted by Gasteiger charge is -2.32. The number of ether oxygens (including phenoxy) is 1. The average Bonchev–Trinajstić information content (AvgIpc) is 2.76. The Morgan fingerprint density at radius 3 is 3.18 bits per heavy atom. The summed E-state index contributed by atoms with van der Waals surface area (Å²) in [6.07, 6.45) is 4.03. The zero-order valence-corrected chi connectivity index (χ0v) is 11.5. The van der Waals surface area contributed by atoms with Crippen LogP contribution in [-0.4, -0.2) is 41.6 Å². The number of aromatic amines is 1. The topological polar surface area (TPSA) is 45.3 Å². The number of carbonyl (C=O) groups is 1. The van der Waals surface area contributed by atoms with E-state index in [2.05, 4.69) is 20.9 Å². The summed E-state index contributed by atoms with van der Waals surface area (Å²) < 4.78 is 6.49. The van der Waals surface area contributed by atoms with Crippen LogP contribution in [0.1, 0.15) is 30.3 Å². The molecule has 2 rings (SSSR count). The van der Waals surface area contributed by atoms with Crippen molar-refractivity contribution < 1.29 is 9.53 Å². The summed E-state index contributed by atoms with van der Waals surface area (Å²) in [5.74, 6) is 0.0557. The van der Waals surface area contributed by atoms with Crippen LogP contribution in [-0.2, 0) is 4.74 Å². The van der Waals surface area contributed by atoms with E-state index in [0.29, 0.717) is 18.8 Å². The number of amides is 1. The maximum Gasteiger partial charge on any atom is 0.270 e. The standard InChI is InChI=1S/C12H17BrN2O2/c1-2-17-10-4-3-5-15(8-10)12(16)11-6-9(13)7-14-11/h6-7,10,14H,2-5,8H2,1H3. The van der Waals surface area contributed by atoms with Gasteiger partial charge in [-0.2, -0.15) is 0 Å². The highest BCUT2D eigenvalue weighted by molar-refractivity contribution is 9.10. The predicted octanol–water partition coefficient (Wildman–Crippen LogP) is 2.42. The van der Waals surface area contributed by atoms with Gasteiger partial charge in [-0.1, -0.05) is 0 Å². The maximum absolute atomic E-state index is 12.2. The molecule has 1 amide bonds. The molecule has 0 bridgehead atoms. The number of piperidine rings is 1. The molecule has 1 atom stereocenters. The first kappa shape index (κ1) is 12.6. The van der Waals surface area contributed by atoms with Crippen molar-refractivity contribution in [2.24, 2.45) is 0 Å². The Morgan fingerprint density at radius 1 is 1.71 bits per heavy atom. The van der Waals surface area contributed by atoms with Crippen LogP contribution in [0.25, 0.3) is 0 Å². The van der Waals surface area contributed by atoms with Gasteiger partial charge in [-0.3, -0.25) is 4.79 Å². The van der Waals surface area contributed by atoms with E-state index in [4.69, 9.17) is 4.74 Å². The lowest BCUT2D eigenvalue weighted by molar-refractivity contribution is 0.00706. The van der Waals surface area contributed by atoms with Crippen LogP contribution < -0.4 is 0 Å². The van der Waals surface area contributed by atoms with E-state index in [9.17, 15) is 4.79 Å². The van der Waals surface area contributed by atoms with Gasteiger partial charge < -0.3 is 14.6 Å². The normalized spacial score (nSPS) is 20.6. The van der Waals surface area contributed by atoms with E-state index in [0.717, 1.165) is 23.9 Å². The number of hydrogen-bond acceptors (Lipinski definition) is 2. The van der Waals surface area contributed by atoms with Crippen molar-refractivity contribution in [3.8, 4) is 0 Å². The van der Waals surface area contributed by atoms with Gasteiger partial charge in [0.15, 0.2) is 0 Å². The highest BCUT2D eigenvalue weighted by Crippen LogP contribution is 2.17. The largest absolute Gasteiger partial charge is 0.377 e. The summed E-state index contributed by atoms with van der Waals surface area (Å²) in [4.78, 5) is 17.0. The molecule has 1 N–H and O–H groups in total. The second-order valence-corrected chi connectivity index (χ2v) is 5.12. The third-order valence-corrected chi connectivity index (χ3v) is 3.40. The fourth-order valence-electron chi connectivity index (χ4n) is 2.16. The minimum Gasteiger partial charge on any atom is -0.377 e. The fraction of sp³-hybridized carbons (Fsp3) is 0.583. The first-order valence-corrected chi connectivity index (χ1v) is 6.74. The molecular weight excluding hydrogens is 284 g/mol. The van der Waals surface area contributed by atoms with Gasteiger partial charge in [0.2, 0.25) is 0 Å². The summed E-state index contributed by atoms with van der Waals surface area (Å²) >= 11 is 3.33. The molecule has 0 aliphatic carbocycles. The van der Waals surface area contributed by atoms with Crippen LogP contribution in [0.4, 0.5) is 0 Å². The summed E-state index contributed by atoms with van der Waals surface area (Å²) in [7, 11) is 0. The number of carbonyl (C=O) groups excluding carboxylic acids is 1. The number of hydrogen-bond donors (Lipinski definition) is 1. The Balaban J connectivity index is 1.99. The molecule has 1 aliphatic heterocycles. The first-order chi connectivity index (χ1) is 8.20. The van der Waals surface area contributed by atoms with Crippen LogP contribution in [0.2, 0.25) is 0 Å². The summed E-state index contributed by atoms with van der Waals surface area (Å²) in [5, 5.41) is 0. The Hall–Kier alpha value is -0.810. The fourth-order valence-corrected chi connectivity index (χ4v) is 2.50. The van der Waals surface area contributed by atoms with Gasteiger partial charge in [0.05, 0.1) is 6.10 Å². The van der Waals surface area contributed by atoms with E-state index in [-0.39, 0.29) is 12.0 Å². The molecule has 1 aliphatic rings. The highest BCUT2D eigenvalue weighted by Gasteiger charge is 2.25. The van der Waals surface area contributed by atoms with Crippen LogP contribution in [0.5, 0.6) is 0 Å². The summed E-state index contributed by atoms with van der Waals surface area (Å²) in [5.41, 5.74) is 0.633.